The zero-order valence-corrected chi connectivity index (χ0v) is 11.6. The molecule has 0 aromatic carbocycles. The molecule has 0 aromatic rings. The smallest absolute Gasteiger partial charge is 0.0962 e. The molecule has 0 spiro atoms. The molecule has 0 saturated carbocycles. The van der Waals surface area contributed by atoms with Gasteiger partial charge in [-0.1, -0.05) is 20.8 Å². The Morgan fingerprint density at radius 3 is 2.29 bits per heavy atom. The van der Waals surface area contributed by atoms with Gasteiger partial charge < -0.3 is 9.84 Å². The number of rotatable bonds is 2. The second-order valence-electron chi connectivity index (χ2n) is 6.13. The van der Waals surface area contributed by atoms with Gasteiger partial charge >= 0.3 is 0 Å². The minimum atomic E-state index is -0.334. The zero-order chi connectivity index (χ0) is 12.6. The summed E-state index contributed by atoms with van der Waals surface area (Å²) in [4.78, 5) is 2.48. The SMILES string of the molecule is CC(C)[C@@H]1O[C@H](C)[C@@H](C)[C@H](N2CCCC2)[C@H]1O. The number of hydrogen-bond acceptors (Lipinski definition) is 3. The van der Waals surface area contributed by atoms with Gasteiger partial charge in [0.15, 0.2) is 0 Å². The highest BCUT2D eigenvalue weighted by Gasteiger charge is 2.45. The lowest BCUT2D eigenvalue weighted by molar-refractivity contribution is -0.185. The lowest BCUT2D eigenvalue weighted by Gasteiger charge is -2.48. The topological polar surface area (TPSA) is 32.7 Å². The van der Waals surface area contributed by atoms with E-state index < -0.39 is 0 Å². The highest BCUT2D eigenvalue weighted by atomic mass is 16.5. The number of likely N-dealkylation sites (tertiary alicyclic amines) is 1. The van der Waals surface area contributed by atoms with Gasteiger partial charge in [0.25, 0.3) is 0 Å². The monoisotopic (exact) mass is 241 g/mol. The summed E-state index contributed by atoms with van der Waals surface area (Å²) in [6, 6.07) is 0.286. The van der Waals surface area contributed by atoms with E-state index in [-0.39, 0.29) is 24.4 Å². The predicted molar refractivity (Wildman–Crippen MR) is 68.9 cm³/mol. The highest BCUT2D eigenvalue weighted by Crippen LogP contribution is 2.33. The van der Waals surface area contributed by atoms with Crippen molar-refractivity contribution in [2.75, 3.05) is 13.1 Å². The van der Waals surface area contributed by atoms with E-state index in [9.17, 15) is 5.11 Å². The molecule has 0 aromatic heterocycles. The third kappa shape index (κ3) is 2.51. The van der Waals surface area contributed by atoms with E-state index in [1.54, 1.807) is 0 Å². The van der Waals surface area contributed by atoms with Crippen molar-refractivity contribution in [2.45, 2.75) is 64.9 Å². The first-order chi connectivity index (χ1) is 8.02. The summed E-state index contributed by atoms with van der Waals surface area (Å²) in [7, 11) is 0. The van der Waals surface area contributed by atoms with E-state index in [0.717, 1.165) is 13.1 Å². The largest absolute Gasteiger partial charge is 0.389 e. The van der Waals surface area contributed by atoms with E-state index in [1.165, 1.54) is 12.8 Å². The second kappa shape index (κ2) is 5.25. The number of hydrogen-bond donors (Lipinski definition) is 1. The van der Waals surface area contributed by atoms with Crippen molar-refractivity contribution < 1.29 is 9.84 Å². The van der Waals surface area contributed by atoms with Crippen LogP contribution in [0.25, 0.3) is 0 Å². The van der Waals surface area contributed by atoms with Crippen molar-refractivity contribution in [1.82, 2.24) is 4.90 Å². The van der Waals surface area contributed by atoms with Crippen LogP contribution in [0.3, 0.4) is 0 Å². The van der Waals surface area contributed by atoms with Crippen molar-refractivity contribution in [3.63, 3.8) is 0 Å². The average Bonchev–Trinajstić information content (AvgIpc) is 2.76. The van der Waals surface area contributed by atoms with E-state index >= 15 is 0 Å². The van der Waals surface area contributed by atoms with Crippen LogP contribution in [0.5, 0.6) is 0 Å². The third-order valence-electron chi connectivity index (χ3n) is 4.56. The molecular formula is C14H27NO2. The lowest BCUT2D eigenvalue weighted by atomic mass is 9.82. The molecule has 17 heavy (non-hydrogen) atoms. The Kier molecular flexibility index (Phi) is 4.11. The van der Waals surface area contributed by atoms with E-state index in [0.29, 0.717) is 11.8 Å². The molecule has 2 heterocycles. The van der Waals surface area contributed by atoms with Crippen LogP contribution < -0.4 is 0 Å². The fourth-order valence-electron chi connectivity index (χ4n) is 3.38. The number of nitrogens with zero attached hydrogens (tertiary/aromatic N) is 1. The summed E-state index contributed by atoms with van der Waals surface area (Å²) in [5.41, 5.74) is 0. The van der Waals surface area contributed by atoms with Gasteiger partial charge in [-0.25, -0.2) is 0 Å². The van der Waals surface area contributed by atoms with Gasteiger partial charge in [-0.2, -0.15) is 0 Å². The molecule has 2 rings (SSSR count). The van der Waals surface area contributed by atoms with Crippen LogP contribution in [-0.4, -0.2) is 47.4 Å². The van der Waals surface area contributed by atoms with Crippen LogP contribution in [-0.2, 0) is 4.74 Å². The number of aliphatic hydroxyl groups excluding tert-OH is 1. The minimum absolute atomic E-state index is 0.00759. The minimum Gasteiger partial charge on any atom is -0.389 e. The summed E-state index contributed by atoms with van der Waals surface area (Å²) in [6.45, 7) is 10.9. The van der Waals surface area contributed by atoms with Crippen LogP contribution in [0.4, 0.5) is 0 Å². The molecule has 2 saturated heterocycles. The average molecular weight is 241 g/mol. The van der Waals surface area contributed by atoms with Gasteiger partial charge in [-0.3, -0.25) is 4.90 Å². The number of ether oxygens (including phenoxy) is 1. The van der Waals surface area contributed by atoms with Crippen molar-refractivity contribution in [2.24, 2.45) is 11.8 Å². The summed E-state index contributed by atoms with van der Waals surface area (Å²) in [5.74, 6) is 0.795. The molecule has 2 aliphatic rings. The Morgan fingerprint density at radius 2 is 1.76 bits per heavy atom. The van der Waals surface area contributed by atoms with Gasteiger partial charge in [0, 0.05) is 12.0 Å². The first-order valence-corrected chi connectivity index (χ1v) is 7.10. The van der Waals surface area contributed by atoms with Crippen LogP contribution in [0.2, 0.25) is 0 Å². The Labute approximate surface area is 105 Å². The van der Waals surface area contributed by atoms with Gasteiger partial charge in [-0.05, 0) is 38.8 Å². The van der Waals surface area contributed by atoms with Crippen molar-refractivity contribution in [3.8, 4) is 0 Å². The molecule has 3 nitrogen and oxygen atoms in total. The van der Waals surface area contributed by atoms with Crippen LogP contribution in [0, 0.1) is 11.8 Å². The molecule has 0 aliphatic carbocycles. The maximum absolute atomic E-state index is 10.6. The number of aliphatic hydroxyl groups is 1. The normalized spacial score (nSPS) is 44.5. The van der Waals surface area contributed by atoms with Crippen molar-refractivity contribution >= 4 is 0 Å². The Bertz CT molecular complexity index is 249. The fraction of sp³-hybridized carbons (Fsp3) is 1.00. The summed E-state index contributed by atoms with van der Waals surface area (Å²) in [5, 5.41) is 10.6. The molecule has 1 N–H and O–H groups in total. The highest BCUT2D eigenvalue weighted by molar-refractivity contribution is 4.96. The predicted octanol–water partition coefficient (Wildman–Crippen LogP) is 1.89. The van der Waals surface area contributed by atoms with Crippen molar-refractivity contribution in [3.05, 3.63) is 0 Å². The van der Waals surface area contributed by atoms with Crippen LogP contribution in [0.1, 0.15) is 40.5 Å². The van der Waals surface area contributed by atoms with E-state index in [4.69, 9.17) is 4.74 Å². The summed E-state index contributed by atoms with van der Waals surface area (Å²) < 4.78 is 5.99. The Morgan fingerprint density at radius 1 is 1.18 bits per heavy atom. The van der Waals surface area contributed by atoms with Crippen LogP contribution in [0.15, 0.2) is 0 Å². The second-order valence-corrected chi connectivity index (χ2v) is 6.13. The lowest BCUT2D eigenvalue weighted by Crippen LogP contribution is -2.60. The molecule has 3 heteroatoms. The van der Waals surface area contributed by atoms with Gasteiger partial charge in [-0.15, -0.1) is 0 Å². The fourth-order valence-corrected chi connectivity index (χ4v) is 3.38. The molecule has 100 valence electrons. The first kappa shape index (κ1) is 13.3. The molecule has 0 unspecified atom stereocenters. The van der Waals surface area contributed by atoms with E-state index in [1.807, 2.05) is 0 Å². The zero-order valence-electron chi connectivity index (χ0n) is 11.6. The maximum Gasteiger partial charge on any atom is 0.0962 e. The maximum atomic E-state index is 10.6. The van der Waals surface area contributed by atoms with E-state index in [2.05, 4.69) is 32.6 Å². The molecule has 2 fully saturated rings. The third-order valence-corrected chi connectivity index (χ3v) is 4.56. The molecule has 0 radical (unpaired) electrons. The standard InChI is InChI=1S/C14H27NO2/c1-9(2)14-13(16)12(10(3)11(4)17-14)15-7-5-6-8-15/h9-14,16H,5-8H2,1-4H3/t10-,11-,12+,13-,14+/m1/s1. The summed E-state index contributed by atoms with van der Waals surface area (Å²) >= 11 is 0. The quantitative estimate of drug-likeness (QED) is 0.801. The van der Waals surface area contributed by atoms with Gasteiger partial charge in [0.1, 0.15) is 0 Å². The van der Waals surface area contributed by atoms with Crippen LogP contribution >= 0.6 is 0 Å². The Hall–Kier alpha value is -0.120. The molecule has 2 aliphatic heterocycles. The molecule has 0 bridgehead atoms. The van der Waals surface area contributed by atoms with Gasteiger partial charge in [0.2, 0.25) is 0 Å². The molecule has 0 amide bonds. The summed E-state index contributed by atoms with van der Waals surface area (Å²) in [6.07, 6.45) is 2.46. The molecule has 5 atom stereocenters. The van der Waals surface area contributed by atoms with Crippen molar-refractivity contribution in [1.29, 1.82) is 0 Å². The Balaban J connectivity index is 2.14. The molecular weight excluding hydrogens is 214 g/mol. The van der Waals surface area contributed by atoms with Gasteiger partial charge in [0.05, 0.1) is 18.3 Å². The first-order valence-electron chi connectivity index (χ1n) is 7.10.